The highest BCUT2D eigenvalue weighted by Crippen LogP contribution is 2.29. The molecule has 1 atom stereocenters. The van der Waals surface area contributed by atoms with Gasteiger partial charge in [0.15, 0.2) is 17.5 Å². The van der Waals surface area contributed by atoms with Gasteiger partial charge in [0, 0.05) is 39.1 Å². The third-order valence-corrected chi connectivity index (χ3v) is 4.56. The lowest BCUT2D eigenvalue weighted by Crippen LogP contribution is -2.45. The lowest BCUT2D eigenvalue weighted by atomic mass is 10.1. The Morgan fingerprint density at radius 1 is 1.39 bits per heavy atom. The van der Waals surface area contributed by atoms with Crippen molar-refractivity contribution in [3.63, 3.8) is 0 Å². The fourth-order valence-electron chi connectivity index (χ4n) is 3.11. The summed E-state index contributed by atoms with van der Waals surface area (Å²) in [5.41, 5.74) is 0.833. The van der Waals surface area contributed by atoms with Gasteiger partial charge in [-0.05, 0) is 30.5 Å². The number of ether oxygens (including phenoxy) is 2. The quantitative estimate of drug-likeness (QED) is 0.518. The number of carbonyl (C=O) groups excluding carboxylic acids is 1. The number of nitrogens with zero attached hydrogens (tertiary/aromatic N) is 2. The summed E-state index contributed by atoms with van der Waals surface area (Å²) in [6.45, 7) is 0.932. The Labute approximate surface area is 164 Å². The van der Waals surface area contributed by atoms with Crippen LogP contribution in [0.3, 0.4) is 0 Å². The van der Waals surface area contributed by atoms with E-state index >= 15 is 0 Å². The Morgan fingerprint density at radius 3 is 2.82 bits per heavy atom. The van der Waals surface area contributed by atoms with E-state index in [0.717, 1.165) is 18.5 Å². The van der Waals surface area contributed by atoms with Gasteiger partial charge in [-0.25, -0.2) is 0 Å². The van der Waals surface area contributed by atoms with Gasteiger partial charge in [-0.3, -0.25) is 9.79 Å². The van der Waals surface area contributed by atoms with Gasteiger partial charge in [-0.2, -0.15) is 8.78 Å². The van der Waals surface area contributed by atoms with E-state index in [1.807, 2.05) is 11.8 Å². The summed E-state index contributed by atoms with van der Waals surface area (Å²) in [6.07, 6.45) is 1.98. The number of aliphatic imine (C=N–C) groups is 1. The molecular weight excluding hydrogens is 370 g/mol. The first-order valence-electron chi connectivity index (χ1n) is 9.33. The summed E-state index contributed by atoms with van der Waals surface area (Å²) in [5, 5.41) is 6.52. The molecule has 2 N–H and O–H groups in total. The number of methoxy groups -OCH3 is 1. The highest BCUT2D eigenvalue weighted by molar-refractivity contribution is 5.80. The zero-order valence-corrected chi connectivity index (χ0v) is 16.5. The number of nitrogens with one attached hydrogen (secondary N) is 2. The Balaban J connectivity index is 1.84. The average Bonchev–Trinajstić information content (AvgIpc) is 3.15. The smallest absolute Gasteiger partial charge is 0.387 e. The molecule has 0 bridgehead atoms. The van der Waals surface area contributed by atoms with E-state index in [1.54, 1.807) is 25.2 Å². The molecular formula is C19H28F2N4O3. The number of carbonyl (C=O) groups is 1. The molecule has 1 aromatic carbocycles. The normalized spacial score (nSPS) is 17.0. The third-order valence-electron chi connectivity index (χ3n) is 4.56. The number of hydrogen-bond acceptors (Lipinski definition) is 4. The van der Waals surface area contributed by atoms with E-state index in [0.29, 0.717) is 31.9 Å². The maximum atomic E-state index is 12.5. The van der Waals surface area contributed by atoms with E-state index in [1.165, 1.54) is 7.11 Å². The minimum atomic E-state index is -2.91. The predicted octanol–water partition coefficient (Wildman–Crippen LogP) is 2.02. The molecule has 0 aromatic heterocycles. The summed E-state index contributed by atoms with van der Waals surface area (Å²) in [4.78, 5) is 17.8. The maximum absolute atomic E-state index is 12.5. The van der Waals surface area contributed by atoms with E-state index in [9.17, 15) is 13.6 Å². The van der Waals surface area contributed by atoms with Crippen molar-refractivity contribution in [1.82, 2.24) is 15.5 Å². The molecule has 1 aliphatic heterocycles. The topological polar surface area (TPSA) is 75.2 Å². The van der Waals surface area contributed by atoms with E-state index in [4.69, 9.17) is 4.74 Å². The predicted molar refractivity (Wildman–Crippen MR) is 103 cm³/mol. The van der Waals surface area contributed by atoms with Gasteiger partial charge in [0.1, 0.15) is 0 Å². The maximum Gasteiger partial charge on any atom is 0.387 e. The fraction of sp³-hybridized carbons (Fsp3) is 0.579. The summed E-state index contributed by atoms with van der Waals surface area (Å²) in [6, 6.07) is 5.13. The summed E-state index contributed by atoms with van der Waals surface area (Å²) >= 11 is 0. The molecule has 1 aromatic rings. The molecule has 0 aliphatic carbocycles. The van der Waals surface area contributed by atoms with Crippen LogP contribution in [0.4, 0.5) is 8.78 Å². The lowest BCUT2D eigenvalue weighted by molar-refractivity contribution is -0.129. The first-order valence-corrected chi connectivity index (χ1v) is 9.33. The van der Waals surface area contributed by atoms with Gasteiger partial charge >= 0.3 is 6.61 Å². The second-order valence-electron chi connectivity index (χ2n) is 6.44. The highest BCUT2D eigenvalue weighted by Gasteiger charge is 2.25. The molecule has 28 heavy (non-hydrogen) atoms. The molecule has 1 aliphatic rings. The van der Waals surface area contributed by atoms with Crippen molar-refractivity contribution in [2.24, 2.45) is 4.99 Å². The van der Waals surface area contributed by atoms with Crippen molar-refractivity contribution in [3.05, 3.63) is 23.8 Å². The largest absolute Gasteiger partial charge is 0.493 e. The summed E-state index contributed by atoms with van der Waals surface area (Å²) < 4.78 is 34.6. The number of guanidine groups is 1. The van der Waals surface area contributed by atoms with Crippen molar-refractivity contribution in [2.45, 2.75) is 38.8 Å². The van der Waals surface area contributed by atoms with Gasteiger partial charge in [0.05, 0.1) is 7.11 Å². The first kappa shape index (κ1) is 21.7. The SMILES string of the molecule is CCC(=O)N1CCC(NC(=NC)NCCc2ccc(OC)c(OC(F)F)c2)C1. The van der Waals surface area contributed by atoms with Crippen LogP contribution in [0, 0.1) is 0 Å². The molecule has 2 rings (SSSR count). The molecule has 9 heteroatoms. The van der Waals surface area contributed by atoms with Crippen LogP contribution in [0.25, 0.3) is 0 Å². The highest BCUT2D eigenvalue weighted by atomic mass is 19.3. The number of hydrogen-bond donors (Lipinski definition) is 2. The Kier molecular flexibility index (Phi) is 8.28. The number of halogens is 2. The van der Waals surface area contributed by atoms with Crippen molar-refractivity contribution >= 4 is 11.9 Å². The molecule has 0 radical (unpaired) electrons. The van der Waals surface area contributed by atoms with Gasteiger partial charge in [-0.1, -0.05) is 13.0 Å². The van der Waals surface area contributed by atoms with E-state index in [-0.39, 0.29) is 23.4 Å². The van der Waals surface area contributed by atoms with Gasteiger partial charge in [0.2, 0.25) is 5.91 Å². The Morgan fingerprint density at radius 2 is 2.18 bits per heavy atom. The fourth-order valence-corrected chi connectivity index (χ4v) is 3.11. The van der Waals surface area contributed by atoms with Crippen LogP contribution in [0.15, 0.2) is 23.2 Å². The number of alkyl halides is 2. The van der Waals surface area contributed by atoms with Crippen molar-refractivity contribution < 1.29 is 23.0 Å². The number of rotatable bonds is 8. The second kappa shape index (κ2) is 10.7. The molecule has 1 amide bonds. The average molecular weight is 398 g/mol. The van der Waals surface area contributed by atoms with Crippen LogP contribution < -0.4 is 20.1 Å². The van der Waals surface area contributed by atoms with E-state index in [2.05, 4.69) is 20.4 Å². The minimum Gasteiger partial charge on any atom is -0.493 e. The van der Waals surface area contributed by atoms with Crippen LogP contribution in [0.2, 0.25) is 0 Å². The molecule has 0 spiro atoms. The molecule has 0 saturated carbocycles. The monoisotopic (exact) mass is 398 g/mol. The molecule has 1 fully saturated rings. The third kappa shape index (κ3) is 6.24. The lowest BCUT2D eigenvalue weighted by Gasteiger charge is -2.19. The van der Waals surface area contributed by atoms with Gasteiger partial charge < -0.3 is 25.0 Å². The van der Waals surface area contributed by atoms with Crippen molar-refractivity contribution in [1.29, 1.82) is 0 Å². The second-order valence-corrected chi connectivity index (χ2v) is 6.44. The molecule has 7 nitrogen and oxygen atoms in total. The van der Waals surface area contributed by atoms with Crippen LogP contribution in [0.5, 0.6) is 11.5 Å². The minimum absolute atomic E-state index is 0.0177. The standard InChI is InChI=1S/C19H28F2N4O3/c1-4-17(26)25-10-8-14(12-25)24-19(22-2)23-9-7-13-5-6-15(27-3)16(11-13)28-18(20)21/h5-6,11,14,18H,4,7-10,12H2,1-3H3,(H2,22,23,24). The zero-order valence-electron chi connectivity index (χ0n) is 16.5. The van der Waals surface area contributed by atoms with Crippen LogP contribution in [0.1, 0.15) is 25.3 Å². The van der Waals surface area contributed by atoms with Gasteiger partial charge in [0.25, 0.3) is 0 Å². The zero-order chi connectivity index (χ0) is 20.5. The van der Waals surface area contributed by atoms with E-state index < -0.39 is 6.61 Å². The van der Waals surface area contributed by atoms with Crippen LogP contribution in [-0.2, 0) is 11.2 Å². The Bertz CT molecular complexity index is 685. The van der Waals surface area contributed by atoms with Crippen LogP contribution >= 0.6 is 0 Å². The van der Waals surface area contributed by atoms with Crippen molar-refractivity contribution in [2.75, 3.05) is 33.8 Å². The molecule has 1 unspecified atom stereocenters. The number of benzene rings is 1. The molecule has 156 valence electrons. The first-order chi connectivity index (χ1) is 13.5. The van der Waals surface area contributed by atoms with Crippen molar-refractivity contribution in [3.8, 4) is 11.5 Å². The summed E-state index contributed by atoms with van der Waals surface area (Å²) in [7, 11) is 3.09. The number of likely N-dealkylation sites (tertiary alicyclic amines) is 1. The Hall–Kier alpha value is -2.58. The number of amides is 1. The summed E-state index contributed by atoms with van der Waals surface area (Å²) in [5.74, 6) is 1.09. The van der Waals surface area contributed by atoms with Crippen LogP contribution in [-0.4, -0.2) is 63.2 Å². The molecule has 1 saturated heterocycles. The van der Waals surface area contributed by atoms with Gasteiger partial charge in [-0.15, -0.1) is 0 Å². The molecule has 1 heterocycles.